The van der Waals surface area contributed by atoms with E-state index in [4.69, 9.17) is 11.6 Å². The molecular formula is C18H20ClNOS. The largest absolute Gasteiger partial charge is 0.325 e. The van der Waals surface area contributed by atoms with Crippen LogP contribution in [0.2, 0.25) is 5.02 Å². The third kappa shape index (κ3) is 4.52. The molecule has 0 heterocycles. The lowest BCUT2D eigenvalue weighted by atomic mass is 9.98. The van der Waals surface area contributed by atoms with Crippen molar-refractivity contribution in [3.05, 3.63) is 58.6 Å². The maximum atomic E-state index is 12.2. The van der Waals surface area contributed by atoms with Gasteiger partial charge in [0.1, 0.15) is 0 Å². The molecule has 2 aromatic carbocycles. The molecule has 0 aromatic heterocycles. The van der Waals surface area contributed by atoms with Crippen molar-refractivity contribution in [1.29, 1.82) is 0 Å². The Morgan fingerprint density at radius 1 is 1.18 bits per heavy atom. The van der Waals surface area contributed by atoms with Gasteiger partial charge in [-0.15, -0.1) is 11.8 Å². The lowest BCUT2D eigenvalue weighted by Crippen LogP contribution is -2.16. The zero-order valence-corrected chi connectivity index (χ0v) is 14.6. The summed E-state index contributed by atoms with van der Waals surface area (Å²) in [4.78, 5) is 13.3. The summed E-state index contributed by atoms with van der Waals surface area (Å²) in [5.41, 5.74) is 3.21. The first-order chi connectivity index (χ1) is 10.5. The van der Waals surface area contributed by atoms with Crippen LogP contribution in [0.25, 0.3) is 0 Å². The number of carbonyl (C=O) groups excluding carboxylic acids is 1. The number of nitrogens with one attached hydrogen (secondary N) is 1. The summed E-state index contributed by atoms with van der Waals surface area (Å²) < 4.78 is 0. The van der Waals surface area contributed by atoms with Crippen molar-refractivity contribution >= 4 is 35.0 Å². The van der Waals surface area contributed by atoms with Gasteiger partial charge in [0.2, 0.25) is 5.91 Å². The molecule has 0 unspecified atom stereocenters. The van der Waals surface area contributed by atoms with Gasteiger partial charge in [0.15, 0.2) is 0 Å². The molecule has 0 atom stereocenters. The molecule has 2 rings (SSSR count). The highest BCUT2D eigenvalue weighted by atomic mass is 35.5. The molecular weight excluding hydrogens is 314 g/mol. The third-order valence-corrected chi connectivity index (χ3v) is 4.64. The standard InChI is InChI=1S/C18H20ClNOS/c1-12(2)16-6-4-5-13(3)18(16)20-17(21)11-22-15-9-7-14(19)8-10-15/h4-10,12H,11H2,1-3H3,(H,20,21). The third-order valence-electron chi connectivity index (χ3n) is 3.38. The topological polar surface area (TPSA) is 29.1 Å². The van der Waals surface area contributed by atoms with E-state index in [0.717, 1.165) is 16.1 Å². The van der Waals surface area contributed by atoms with E-state index in [2.05, 4.69) is 25.2 Å². The van der Waals surface area contributed by atoms with Crippen LogP contribution in [-0.2, 0) is 4.79 Å². The maximum absolute atomic E-state index is 12.2. The van der Waals surface area contributed by atoms with Crippen molar-refractivity contribution in [2.24, 2.45) is 0 Å². The molecule has 22 heavy (non-hydrogen) atoms. The van der Waals surface area contributed by atoms with Crippen LogP contribution in [0.3, 0.4) is 0 Å². The number of halogens is 1. The molecule has 0 aliphatic heterocycles. The fourth-order valence-corrected chi connectivity index (χ4v) is 3.02. The van der Waals surface area contributed by atoms with Crippen LogP contribution in [0.1, 0.15) is 30.9 Å². The summed E-state index contributed by atoms with van der Waals surface area (Å²) in [7, 11) is 0. The van der Waals surface area contributed by atoms with E-state index in [-0.39, 0.29) is 5.91 Å². The summed E-state index contributed by atoms with van der Waals surface area (Å²) in [6.45, 7) is 6.29. The van der Waals surface area contributed by atoms with Gasteiger partial charge in [-0.2, -0.15) is 0 Å². The highest BCUT2D eigenvalue weighted by Crippen LogP contribution is 2.28. The minimum absolute atomic E-state index is 0.0103. The highest BCUT2D eigenvalue weighted by Gasteiger charge is 2.12. The monoisotopic (exact) mass is 333 g/mol. The number of aryl methyl sites for hydroxylation is 1. The number of hydrogen-bond donors (Lipinski definition) is 1. The number of thioether (sulfide) groups is 1. The van der Waals surface area contributed by atoms with E-state index >= 15 is 0 Å². The van der Waals surface area contributed by atoms with Crippen molar-refractivity contribution < 1.29 is 4.79 Å². The van der Waals surface area contributed by atoms with Gasteiger partial charge in [-0.3, -0.25) is 4.79 Å². The summed E-state index contributed by atoms with van der Waals surface area (Å²) in [5, 5.41) is 3.76. The predicted octanol–water partition coefficient (Wildman–Crippen LogP) is 5.50. The Kier molecular flexibility index (Phi) is 5.92. The Hall–Kier alpha value is -1.45. The molecule has 0 saturated carbocycles. The molecule has 2 nitrogen and oxygen atoms in total. The Balaban J connectivity index is 2.02. The molecule has 0 bridgehead atoms. The SMILES string of the molecule is Cc1cccc(C(C)C)c1NC(=O)CSc1ccc(Cl)cc1. The van der Waals surface area contributed by atoms with Crippen molar-refractivity contribution in [2.45, 2.75) is 31.6 Å². The van der Waals surface area contributed by atoms with Crippen LogP contribution in [0.4, 0.5) is 5.69 Å². The maximum Gasteiger partial charge on any atom is 0.234 e. The first-order valence-corrected chi connectivity index (χ1v) is 8.61. The molecule has 4 heteroatoms. The molecule has 116 valence electrons. The normalized spacial score (nSPS) is 10.8. The molecule has 0 saturated heterocycles. The highest BCUT2D eigenvalue weighted by molar-refractivity contribution is 8.00. The van der Waals surface area contributed by atoms with Gasteiger partial charge in [-0.1, -0.05) is 43.6 Å². The van der Waals surface area contributed by atoms with Gasteiger partial charge in [0.05, 0.1) is 5.75 Å². The van der Waals surface area contributed by atoms with E-state index in [0.29, 0.717) is 16.7 Å². The van der Waals surface area contributed by atoms with E-state index in [1.54, 1.807) is 0 Å². The number of anilines is 1. The fourth-order valence-electron chi connectivity index (χ4n) is 2.20. The number of benzene rings is 2. The van der Waals surface area contributed by atoms with Gasteiger partial charge in [-0.25, -0.2) is 0 Å². The van der Waals surface area contributed by atoms with Crippen LogP contribution >= 0.6 is 23.4 Å². The fraction of sp³-hybridized carbons (Fsp3) is 0.278. The molecule has 0 spiro atoms. The molecule has 2 aromatic rings. The van der Waals surface area contributed by atoms with Gasteiger partial charge in [-0.05, 0) is 48.2 Å². The van der Waals surface area contributed by atoms with E-state index < -0.39 is 0 Å². The molecule has 1 amide bonds. The van der Waals surface area contributed by atoms with E-state index in [1.807, 2.05) is 43.3 Å². The Bertz CT molecular complexity index is 653. The minimum Gasteiger partial charge on any atom is -0.325 e. The van der Waals surface area contributed by atoms with Crippen molar-refractivity contribution in [1.82, 2.24) is 0 Å². The Morgan fingerprint density at radius 3 is 2.50 bits per heavy atom. The van der Waals surface area contributed by atoms with E-state index in [9.17, 15) is 4.79 Å². The summed E-state index contributed by atoms with van der Waals surface area (Å²) in [6, 6.07) is 13.6. The average Bonchev–Trinajstić information content (AvgIpc) is 2.48. The van der Waals surface area contributed by atoms with E-state index in [1.165, 1.54) is 17.3 Å². The van der Waals surface area contributed by atoms with Gasteiger partial charge >= 0.3 is 0 Å². The quantitative estimate of drug-likeness (QED) is 0.732. The smallest absolute Gasteiger partial charge is 0.234 e. The second kappa shape index (κ2) is 7.70. The lowest BCUT2D eigenvalue weighted by molar-refractivity contribution is -0.113. The molecule has 0 aliphatic carbocycles. The number of para-hydroxylation sites is 1. The summed E-state index contributed by atoms with van der Waals surface area (Å²) in [5.74, 6) is 0.767. The number of carbonyl (C=O) groups is 1. The van der Waals surface area contributed by atoms with Crippen molar-refractivity contribution in [3.8, 4) is 0 Å². The molecule has 0 fully saturated rings. The van der Waals surface area contributed by atoms with Crippen LogP contribution in [0, 0.1) is 6.92 Å². The number of amides is 1. The lowest BCUT2D eigenvalue weighted by Gasteiger charge is -2.16. The summed E-state index contributed by atoms with van der Waals surface area (Å²) >= 11 is 7.36. The summed E-state index contributed by atoms with van der Waals surface area (Å²) in [6.07, 6.45) is 0. The van der Waals surface area contributed by atoms with Gasteiger partial charge < -0.3 is 5.32 Å². The van der Waals surface area contributed by atoms with Gasteiger partial charge in [0.25, 0.3) is 0 Å². The van der Waals surface area contributed by atoms with Crippen molar-refractivity contribution in [3.63, 3.8) is 0 Å². The Labute approximate surface area is 141 Å². The molecule has 0 aliphatic rings. The first kappa shape index (κ1) is 16.9. The average molecular weight is 334 g/mol. The zero-order valence-electron chi connectivity index (χ0n) is 13.0. The first-order valence-electron chi connectivity index (χ1n) is 7.25. The second-order valence-corrected chi connectivity index (χ2v) is 6.97. The number of hydrogen-bond acceptors (Lipinski definition) is 2. The van der Waals surface area contributed by atoms with Crippen LogP contribution < -0.4 is 5.32 Å². The second-order valence-electron chi connectivity index (χ2n) is 5.48. The Morgan fingerprint density at radius 2 is 1.86 bits per heavy atom. The predicted molar refractivity (Wildman–Crippen MR) is 96.1 cm³/mol. The van der Waals surface area contributed by atoms with Gasteiger partial charge in [0, 0.05) is 15.6 Å². The number of rotatable bonds is 5. The van der Waals surface area contributed by atoms with Crippen LogP contribution in [0.5, 0.6) is 0 Å². The molecule has 1 N–H and O–H groups in total. The van der Waals surface area contributed by atoms with Crippen molar-refractivity contribution in [2.75, 3.05) is 11.1 Å². The van der Waals surface area contributed by atoms with Crippen LogP contribution in [0.15, 0.2) is 47.4 Å². The van der Waals surface area contributed by atoms with Crippen LogP contribution in [-0.4, -0.2) is 11.7 Å². The zero-order chi connectivity index (χ0) is 16.1. The minimum atomic E-state index is 0.0103. The molecule has 0 radical (unpaired) electrons.